The zero-order chi connectivity index (χ0) is 12.9. The van der Waals surface area contributed by atoms with Crippen LogP contribution in [-0.4, -0.2) is 34.6 Å². The van der Waals surface area contributed by atoms with E-state index in [0.717, 1.165) is 30.7 Å². The molecule has 3 rings (SSSR count). The van der Waals surface area contributed by atoms with Crippen LogP contribution in [0.3, 0.4) is 0 Å². The van der Waals surface area contributed by atoms with Gasteiger partial charge in [-0.05, 0) is 12.8 Å². The smallest absolute Gasteiger partial charge is 0.273 e. The molecule has 0 aliphatic carbocycles. The molecule has 0 saturated carbocycles. The van der Waals surface area contributed by atoms with Gasteiger partial charge in [0.05, 0.1) is 12.8 Å². The lowest BCUT2D eigenvalue weighted by atomic mass is 9.99. The topological polar surface area (TPSA) is 51.1 Å². The van der Waals surface area contributed by atoms with Crippen LogP contribution < -0.4 is 9.64 Å². The monoisotopic (exact) mass is 276 g/mol. The Hall–Kier alpha value is -1.69. The highest BCUT2D eigenvalue weighted by molar-refractivity contribution is 7.11. The van der Waals surface area contributed by atoms with Crippen LogP contribution in [0.5, 0.6) is 5.19 Å². The van der Waals surface area contributed by atoms with Crippen molar-refractivity contribution in [1.82, 2.24) is 15.0 Å². The molecule has 1 atom stereocenters. The summed E-state index contributed by atoms with van der Waals surface area (Å²) in [4.78, 5) is 14.9. The quantitative estimate of drug-likeness (QED) is 0.857. The number of thiazole rings is 1. The Kier molecular flexibility index (Phi) is 3.88. The van der Waals surface area contributed by atoms with E-state index in [4.69, 9.17) is 4.74 Å². The third-order valence-electron chi connectivity index (χ3n) is 3.24. The summed E-state index contributed by atoms with van der Waals surface area (Å²) >= 11 is 1.54. The van der Waals surface area contributed by atoms with Gasteiger partial charge in [0.1, 0.15) is 5.82 Å². The van der Waals surface area contributed by atoms with Crippen LogP contribution in [0.4, 0.5) is 5.82 Å². The fourth-order valence-electron chi connectivity index (χ4n) is 2.33. The van der Waals surface area contributed by atoms with Crippen molar-refractivity contribution in [3.8, 4) is 5.19 Å². The summed E-state index contributed by atoms with van der Waals surface area (Å²) in [6.45, 7) is 2.75. The van der Waals surface area contributed by atoms with Crippen LogP contribution >= 0.6 is 11.3 Å². The van der Waals surface area contributed by atoms with Gasteiger partial charge in [-0.2, -0.15) is 0 Å². The molecule has 0 amide bonds. The highest BCUT2D eigenvalue weighted by Crippen LogP contribution is 2.22. The van der Waals surface area contributed by atoms with Gasteiger partial charge >= 0.3 is 0 Å². The van der Waals surface area contributed by atoms with Gasteiger partial charge in [0.2, 0.25) is 0 Å². The summed E-state index contributed by atoms with van der Waals surface area (Å²) in [5, 5.41) is 2.69. The number of aromatic nitrogens is 3. The van der Waals surface area contributed by atoms with Gasteiger partial charge in [-0.1, -0.05) is 11.3 Å². The van der Waals surface area contributed by atoms with E-state index in [9.17, 15) is 0 Å². The third kappa shape index (κ3) is 3.20. The summed E-state index contributed by atoms with van der Waals surface area (Å²) < 4.78 is 5.71. The molecule has 2 aromatic heterocycles. The van der Waals surface area contributed by atoms with Crippen molar-refractivity contribution in [2.45, 2.75) is 12.8 Å². The molecule has 1 saturated heterocycles. The van der Waals surface area contributed by atoms with E-state index in [2.05, 4.69) is 19.9 Å². The van der Waals surface area contributed by atoms with Crippen LogP contribution in [0.2, 0.25) is 0 Å². The average Bonchev–Trinajstić information content (AvgIpc) is 3.00. The van der Waals surface area contributed by atoms with Gasteiger partial charge in [0.15, 0.2) is 0 Å². The molecule has 3 heterocycles. The maximum atomic E-state index is 5.71. The number of hydrogen-bond acceptors (Lipinski definition) is 6. The molecule has 2 aromatic rings. The zero-order valence-electron chi connectivity index (χ0n) is 10.6. The van der Waals surface area contributed by atoms with Crippen LogP contribution in [0.1, 0.15) is 12.8 Å². The first-order valence-corrected chi connectivity index (χ1v) is 7.33. The van der Waals surface area contributed by atoms with Crippen molar-refractivity contribution in [2.24, 2.45) is 5.92 Å². The number of nitrogens with zero attached hydrogens (tertiary/aromatic N) is 4. The van der Waals surface area contributed by atoms with Crippen molar-refractivity contribution in [3.05, 3.63) is 30.2 Å². The molecule has 1 aliphatic heterocycles. The maximum absolute atomic E-state index is 5.71. The first-order valence-electron chi connectivity index (χ1n) is 6.45. The molecule has 0 spiro atoms. The lowest BCUT2D eigenvalue weighted by Gasteiger charge is -2.32. The average molecular weight is 276 g/mol. The molecule has 100 valence electrons. The van der Waals surface area contributed by atoms with Gasteiger partial charge in [0.25, 0.3) is 5.19 Å². The summed E-state index contributed by atoms with van der Waals surface area (Å²) in [5.41, 5.74) is 0. The van der Waals surface area contributed by atoms with E-state index in [0.29, 0.717) is 5.92 Å². The van der Waals surface area contributed by atoms with Crippen LogP contribution in [0.15, 0.2) is 30.2 Å². The Labute approximate surface area is 116 Å². The lowest BCUT2D eigenvalue weighted by molar-refractivity contribution is 0.227. The molecule has 0 radical (unpaired) electrons. The van der Waals surface area contributed by atoms with Crippen LogP contribution in [0.25, 0.3) is 0 Å². The molecule has 0 aromatic carbocycles. The minimum Gasteiger partial charge on any atom is -0.470 e. The van der Waals surface area contributed by atoms with E-state index in [1.165, 1.54) is 24.2 Å². The molecular weight excluding hydrogens is 260 g/mol. The number of anilines is 1. The second-order valence-electron chi connectivity index (χ2n) is 4.63. The van der Waals surface area contributed by atoms with Crippen molar-refractivity contribution < 1.29 is 4.74 Å². The normalized spacial score (nSPS) is 19.4. The molecule has 5 nitrogen and oxygen atoms in total. The molecule has 1 aliphatic rings. The molecule has 6 heteroatoms. The van der Waals surface area contributed by atoms with E-state index in [1.54, 1.807) is 18.6 Å². The minimum atomic E-state index is 0.527. The molecule has 1 fully saturated rings. The second-order valence-corrected chi connectivity index (χ2v) is 5.48. The Morgan fingerprint density at radius 3 is 3.11 bits per heavy atom. The number of piperidine rings is 1. The predicted octanol–water partition coefficient (Wildman–Crippen LogP) is 2.23. The molecule has 0 N–H and O–H groups in total. The fraction of sp³-hybridized carbons (Fsp3) is 0.462. The maximum Gasteiger partial charge on any atom is 0.273 e. The summed E-state index contributed by atoms with van der Waals surface area (Å²) in [6, 6.07) is 0. The lowest BCUT2D eigenvalue weighted by Crippen LogP contribution is -2.38. The van der Waals surface area contributed by atoms with E-state index < -0.39 is 0 Å². The standard InChI is InChI=1S/C13H16N4OS/c1-2-11(10-18-13-16-5-7-19-13)9-17(6-1)12-8-14-3-4-15-12/h3-5,7-8,11H,1-2,6,9-10H2. The van der Waals surface area contributed by atoms with Crippen molar-refractivity contribution in [3.63, 3.8) is 0 Å². The van der Waals surface area contributed by atoms with Crippen LogP contribution in [0, 0.1) is 5.92 Å². The van der Waals surface area contributed by atoms with E-state index in [-0.39, 0.29) is 0 Å². The largest absolute Gasteiger partial charge is 0.470 e. The Balaban J connectivity index is 1.56. The van der Waals surface area contributed by atoms with Gasteiger partial charge in [-0.15, -0.1) is 0 Å². The summed E-state index contributed by atoms with van der Waals surface area (Å²) in [6.07, 6.45) is 9.41. The SMILES string of the molecule is c1cnc(N2CCCC(COc3nccs3)C2)cn1. The number of ether oxygens (including phenoxy) is 1. The van der Waals surface area contributed by atoms with E-state index >= 15 is 0 Å². The number of rotatable bonds is 4. The highest BCUT2D eigenvalue weighted by atomic mass is 32.1. The van der Waals surface area contributed by atoms with Crippen molar-refractivity contribution >= 4 is 17.2 Å². The minimum absolute atomic E-state index is 0.527. The first kappa shape index (κ1) is 12.3. The van der Waals surface area contributed by atoms with Crippen molar-refractivity contribution in [2.75, 3.05) is 24.6 Å². The second kappa shape index (κ2) is 5.97. The Morgan fingerprint density at radius 1 is 1.32 bits per heavy atom. The molecule has 19 heavy (non-hydrogen) atoms. The summed E-state index contributed by atoms with van der Waals surface area (Å²) in [5.74, 6) is 1.49. The zero-order valence-corrected chi connectivity index (χ0v) is 11.4. The van der Waals surface area contributed by atoms with Gasteiger partial charge in [-0.25, -0.2) is 9.97 Å². The number of hydrogen-bond donors (Lipinski definition) is 0. The molecule has 1 unspecified atom stereocenters. The fourth-order valence-corrected chi connectivity index (χ4v) is 2.83. The molecule has 0 bridgehead atoms. The molecular formula is C13H16N4OS. The highest BCUT2D eigenvalue weighted by Gasteiger charge is 2.21. The first-order chi connectivity index (χ1) is 9.42. The van der Waals surface area contributed by atoms with E-state index in [1.807, 2.05) is 11.6 Å². The summed E-state index contributed by atoms with van der Waals surface area (Å²) in [7, 11) is 0. The van der Waals surface area contributed by atoms with Gasteiger partial charge in [-0.3, -0.25) is 4.98 Å². The van der Waals surface area contributed by atoms with Gasteiger partial charge < -0.3 is 9.64 Å². The van der Waals surface area contributed by atoms with Crippen molar-refractivity contribution in [1.29, 1.82) is 0 Å². The Bertz CT molecular complexity index is 491. The Morgan fingerprint density at radius 2 is 2.32 bits per heavy atom. The predicted molar refractivity (Wildman–Crippen MR) is 74.6 cm³/mol. The third-order valence-corrected chi connectivity index (χ3v) is 3.93. The van der Waals surface area contributed by atoms with Crippen LogP contribution in [-0.2, 0) is 0 Å². The van der Waals surface area contributed by atoms with Gasteiger partial charge in [0, 0.05) is 43.0 Å².